The standard InChI is InChI=1S/C20H18O5/c1-9-7-10-3-4-11-16(15(10)13(22)8-9)20(24)17-12(21)5-6-14(25-2)18(17)19(11)23/h3-6,9,13,21-22H,7-8H2,1-2H3/t9?,13-/m0/s1. The molecule has 128 valence electrons. The van der Waals surface area contributed by atoms with Crippen molar-refractivity contribution in [1.29, 1.82) is 0 Å². The first-order valence-electron chi connectivity index (χ1n) is 8.27. The number of phenolic OH excluding ortho intramolecular Hbond substituents is 1. The molecule has 0 amide bonds. The SMILES string of the molecule is COc1ccc(O)c2c1C(=O)c1ccc3c(c1C2=O)[C@@H](O)CC(C)C3. The number of aliphatic hydroxyl groups excluding tert-OH is 1. The molecule has 1 unspecified atom stereocenters. The van der Waals surface area contributed by atoms with Crippen LogP contribution < -0.4 is 4.74 Å². The van der Waals surface area contributed by atoms with E-state index >= 15 is 0 Å². The fourth-order valence-corrected chi connectivity index (χ4v) is 4.07. The van der Waals surface area contributed by atoms with Crippen LogP contribution >= 0.6 is 0 Å². The van der Waals surface area contributed by atoms with E-state index in [0.717, 1.165) is 12.0 Å². The van der Waals surface area contributed by atoms with Crippen LogP contribution in [0.25, 0.3) is 0 Å². The van der Waals surface area contributed by atoms with Crippen molar-refractivity contribution in [1.82, 2.24) is 0 Å². The summed E-state index contributed by atoms with van der Waals surface area (Å²) in [6, 6.07) is 6.28. The van der Waals surface area contributed by atoms with E-state index < -0.39 is 11.9 Å². The van der Waals surface area contributed by atoms with Gasteiger partial charge in [0.25, 0.3) is 0 Å². The molecule has 2 atom stereocenters. The molecule has 2 N–H and O–H groups in total. The number of rotatable bonds is 1. The van der Waals surface area contributed by atoms with Gasteiger partial charge in [0, 0.05) is 11.1 Å². The number of carbonyl (C=O) groups is 2. The summed E-state index contributed by atoms with van der Waals surface area (Å²) >= 11 is 0. The third-order valence-electron chi connectivity index (χ3n) is 5.15. The van der Waals surface area contributed by atoms with Crippen LogP contribution in [-0.4, -0.2) is 28.9 Å². The van der Waals surface area contributed by atoms with Gasteiger partial charge >= 0.3 is 0 Å². The Labute approximate surface area is 144 Å². The molecule has 0 saturated carbocycles. The van der Waals surface area contributed by atoms with Crippen molar-refractivity contribution in [3.63, 3.8) is 0 Å². The molecule has 0 bridgehead atoms. The quantitative estimate of drug-likeness (QED) is 0.713. The van der Waals surface area contributed by atoms with Crippen LogP contribution in [0.1, 0.15) is 62.4 Å². The predicted molar refractivity (Wildman–Crippen MR) is 90.4 cm³/mol. The van der Waals surface area contributed by atoms with E-state index in [1.54, 1.807) is 6.07 Å². The van der Waals surface area contributed by atoms with Gasteiger partial charge < -0.3 is 14.9 Å². The fourth-order valence-electron chi connectivity index (χ4n) is 4.07. The van der Waals surface area contributed by atoms with Crippen molar-refractivity contribution in [2.24, 2.45) is 5.92 Å². The zero-order valence-corrected chi connectivity index (χ0v) is 14.0. The third kappa shape index (κ3) is 2.12. The molecular formula is C20H18O5. The number of fused-ring (bicyclic) bond motifs is 4. The molecule has 0 saturated heterocycles. The zero-order valence-electron chi connectivity index (χ0n) is 14.0. The van der Waals surface area contributed by atoms with Crippen LogP contribution in [0.15, 0.2) is 24.3 Å². The summed E-state index contributed by atoms with van der Waals surface area (Å²) in [7, 11) is 1.41. The van der Waals surface area contributed by atoms with Crippen molar-refractivity contribution in [2.45, 2.75) is 25.9 Å². The second-order valence-corrected chi connectivity index (χ2v) is 6.82. The third-order valence-corrected chi connectivity index (χ3v) is 5.15. The van der Waals surface area contributed by atoms with Gasteiger partial charge in [0.2, 0.25) is 0 Å². The Balaban J connectivity index is 2.02. The largest absolute Gasteiger partial charge is 0.507 e. The second kappa shape index (κ2) is 5.43. The maximum atomic E-state index is 13.2. The lowest BCUT2D eigenvalue weighted by molar-refractivity contribution is 0.0961. The molecule has 0 heterocycles. The first-order valence-corrected chi connectivity index (χ1v) is 8.27. The Morgan fingerprint density at radius 1 is 1.04 bits per heavy atom. The molecule has 0 aromatic heterocycles. The minimum absolute atomic E-state index is 0.0453. The molecule has 25 heavy (non-hydrogen) atoms. The highest BCUT2D eigenvalue weighted by molar-refractivity contribution is 6.30. The average molecular weight is 338 g/mol. The van der Waals surface area contributed by atoms with Gasteiger partial charge in [-0.3, -0.25) is 9.59 Å². The molecule has 0 aliphatic heterocycles. The van der Waals surface area contributed by atoms with Crippen LogP contribution in [0, 0.1) is 5.92 Å². The lowest BCUT2D eigenvalue weighted by Gasteiger charge is -2.31. The summed E-state index contributed by atoms with van der Waals surface area (Å²) < 4.78 is 5.22. The summed E-state index contributed by atoms with van der Waals surface area (Å²) in [5.41, 5.74) is 1.93. The van der Waals surface area contributed by atoms with Gasteiger partial charge in [0.1, 0.15) is 11.5 Å². The molecule has 2 aromatic rings. The van der Waals surface area contributed by atoms with E-state index in [4.69, 9.17) is 4.74 Å². The smallest absolute Gasteiger partial charge is 0.198 e. The number of benzene rings is 2. The predicted octanol–water partition coefficient (Wildman–Crippen LogP) is 2.79. The fraction of sp³-hybridized carbons (Fsp3) is 0.300. The van der Waals surface area contributed by atoms with Crippen LogP contribution in [-0.2, 0) is 6.42 Å². The number of aromatic hydroxyl groups is 1. The van der Waals surface area contributed by atoms with Gasteiger partial charge in [0.15, 0.2) is 11.6 Å². The minimum atomic E-state index is -0.792. The van der Waals surface area contributed by atoms with Crippen molar-refractivity contribution in [2.75, 3.05) is 7.11 Å². The minimum Gasteiger partial charge on any atom is -0.507 e. The molecule has 5 heteroatoms. The highest BCUT2D eigenvalue weighted by Gasteiger charge is 2.39. The summed E-state index contributed by atoms with van der Waals surface area (Å²) in [6.07, 6.45) is 0.500. The van der Waals surface area contributed by atoms with Crippen molar-refractivity contribution in [3.8, 4) is 11.5 Å². The average Bonchev–Trinajstić information content (AvgIpc) is 2.58. The van der Waals surface area contributed by atoms with E-state index in [1.807, 2.05) is 13.0 Å². The lowest BCUT2D eigenvalue weighted by atomic mass is 9.74. The number of carbonyl (C=O) groups excluding carboxylic acids is 2. The lowest BCUT2D eigenvalue weighted by Crippen LogP contribution is -2.27. The summed E-state index contributed by atoms with van der Waals surface area (Å²) in [5, 5.41) is 20.8. The van der Waals surface area contributed by atoms with E-state index in [1.165, 1.54) is 19.2 Å². The van der Waals surface area contributed by atoms with Crippen molar-refractivity contribution >= 4 is 11.6 Å². The van der Waals surface area contributed by atoms with E-state index in [9.17, 15) is 19.8 Å². The zero-order chi connectivity index (χ0) is 17.9. The molecular weight excluding hydrogens is 320 g/mol. The number of aliphatic hydroxyl groups is 1. The molecule has 0 fully saturated rings. The Morgan fingerprint density at radius 3 is 2.52 bits per heavy atom. The molecule has 2 aromatic carbocycles. The Bertz CT molecular complexity index is 928. The molecule has 5 nitrogen and oxygen atoms in total. The Morgan fingerprint density at radius 2 is 1.80 bits per heavy atom. The van der Waals surface area contributed by atoms with Crippen molar-refractivity contribution < 1.29 is 24.5 Å². The highest BCUT2D eigenvalue weighted by atomic mass is 16.5. The highest BCUT2D eigenvalue weighted by Crippen LogP contribution is 2.43. The normalized spacial score (nSPS) is 21.4. The Hall–Kier alpha value is -2.66. The number of hydrogen-bond acceptors (Lipinski definition) is 5. The number of methoxy groups -OCH3 is 1. The van der Waals surface area contributed by atoms with E-state index in [0.29, 0.717) is 17.9 Å². The molecule has 2 aliphatic rings. The van der Waals surface area contributed by atoms with Crippen LogP contribution in [0.2, 0.25) is 0 Å². The molecule has 2 aliphatic carbocycles. The van der Waals surface area contributed by atoms with Gasteiger partial charge in [-0.05, 0) is 48.1 Å². The number of phenols is 1. The van der Waals surface area contributed by atoms with Gasteiger partial charge in [-0.2, -0.15) is 0 Å². The van der Waals surface area contributed by atoms with Crippen molar-refractivity contribution in [3.05, 3.63) is 57.6 Å². The maximum Gasteiger partial charge on any atom is 0.198 e. The molecule has 4 rings (SSSR count). The summed E-state index contributed by atoms with van der Waals surface area (Å²) in [4.78, 5) is 26.2. The van der Waals surface area contributed by atoms with Crippen LogP contribution in [0.4, 0.5) is 0 Å². The number of ketones is 2. The van der Waals surface area contributed by atoms with Gasteiger partial charge in [-0.15, -0.1) is 0 Å². The topological polar surface area (TPSA) is 83.8 Å². The van der Waals surface area contributed by atoms with Gasteiger partial charge in [0.05, 0.1) is 24.3 Å². The number of ether oxygens (including phenoxy) is 1. The van der Waals surface area contributed by atoms with E-state index in [2.05, 4.69) is 0 Å². The van der Waals surface area contributed by atoms with E-state index in [-0.39, 0.29) is 39.5 Å². The molecule has 0 spiro atoms. The van der Waals surface area contributed by atoms with Crippen LogP contribution in [0.3, 0.4) is 0 Å². The summed E-state index contributed by atoms with van der Waals surface area (Å²) in [6.45, 7) is 2.05. The molecule has 0 radical (unpaired) electrons. The maximum absolute atomic E-state index is 13.2. The number of hydrogen-bond donors (Lipinski definition) is 2. The Kier molecular flexibility index (Phi) is 3.44. The monoisotopic (exact) mass is 338 g/mol. The van der Waals surface area contributed by atoms with Crippen LogP contribution in [0.5, 0.6) is 11.5 Å². The second-order valence-electron chi connectivity index (χ2n) is 6.82. The van der Waals surface area contributed by atoms with Gasteiger partial charge in [-0.1, -0.05) is 13.0 Å². The first kappa shape index (κ1) is 15.8. The van der Waals surface area contributed by atoms with Gasteiger partial charge in [-0.25, -0.2) is 0 Å². The summed E-state index contributed by atoms with van der Waals surface area (Å²) in [5.74, 6) is -0.507. The first-order chi connectivity index (χ1) is 11.9.